The van der Waals surface area contributed by atoms with Gasteiger partial charge in [-0.05, 0) is 71.8 Å². The molecule has 0 fully saturated rings. The quantitative estimate of drug-likeness (QED) is 0.184. The lowest BCUT2D eigenvalue weighted by Gasteiger charge is -2.14. The predicted octanol–water partition coefficient (Wildman–Crippen LogP) is 12.1. The first-order valence-corrected chi connectivity index (χ1v) is 17.4. The van der Waals surface area contributed by atoms with E-state index in [1.165, 1.54) is 38.1 Å². The van der Waals surface area contributed by atoms with Gasteiger partial charge in [0.25, 0.3) is 0 Å². The van der Waals surface area contributed by atoms with Gasteiger partial charge in [0.05, 0.1) is 45.1 Å². The molecule has 0 bridgehead atoms. The lowest BCUT2D eigenvalue weighted by Crippen LogP contribution is -1.98. The van der Waals surface area contributed by atoms with E-state index in [-0.39, 0.29) is 0 Å². The number of hydrogen-bond donors (Lipinski definition) is 0. The van der Waals surface area contributed by atoms with Crippen LogP contribution in [0.2, 0.25) is 0 Å². The second-order valence-corrected chi connectivity index (χ2v) is 13.1. The molecule has 0 aliphatic heterocycles. The van der Waals surface area contributed by atoms with Crippen molar-refractivity contribution < 1.29 is 0 Å². The Hall–Kier alpha value is -7.22. The highest BCUT2D eigenvalue weighted by atomic mass is 15.0. The Bertz CT molecular complexity index is 2980. The Kier molecular flexibility index (Phi) is 6.84. The summed E-state index contributed by atoms with van der Waals surface area (Å²) in [7, 11) is 0. The summed E-state index contributed by atoms with van der Waals surface area (Å²) in [6.45, 7) is 0. The monoisotopic (exact) mass is 662 g/mol. The van der Waals surface area contributed by atoms with Gasteiger partial charge in [-0.15, -0.1) is 0 Å². The van der Waals surface area contributed by atoms with Crippen LogP contribution in [0.4, 0.5) is 0 Å². The standard InChI is InChI=1S/C48H30N4/c49-31-32-19-21-34(22-20-32)43-29-36(33-11-3-1-4-12-33)30-44(50-43)35-23-25-38(26-24-35)52-46-18-10-8-16-40(46)42-28-27-41-39-15-7-9-17-45(39)51(47(41)48(42)52)37-13-5-2-6-14-37/h1-30H. The molecule has 0 aliphatic carbocycles. The number of rotatable bonds is 5. The average Bonchev–Trinajstić information content (AvgIpc) is 3.75. The van der Waals surface area contributed by atoms with Crippen molar-refractivity contribution in [3.8, 4) is 51.1 Å². The van der Waals surface area contributed by atoms with E-state index in [9.17, 15) is 5.26 Å². The Morgan fingerprint density at radius 1 is 0.385 bits per heavy atom. The average molecular weight is 663 g/mol. The van der Waals surface area contributed by atoms with Crippen LogP contribution in [-0.4, -0.2) is 14.1 Å². The van der Waals surface area contributed by atoms with Gasteiger partial charge in [0.2, 0.25) is 0 Å². The number of aromatic nitrogens is 3. The highest BCUT2D eigenvalue weighted by Crippen LogP contribution is 2.42. The van der Waals surface area contributed by atoms with E-state index >= 15 is 0 Å². The minimum atomic E-state index is 0.630. The number of pyridine rings is 1. The molecule has 0 aliphatic rings. The van der Waals surface area contributed by atoms with Crippen LogP contribution in [0.25, 0.3) is 88.6 Å². The first kappa shape index (κ1) is 29.7. The van der Waals surface area contributed by atoms with Crippen LogP contribution in [0.5, 0.6) is 0 Å². The third-order valence-corrected chi connectivity index (χ3v) is 10.1. The van der Waals surface area contributed by atoms with E-state index in [0.717, 1.165) is 50.5 Å². The molecule has 0 amide bonds. The van der Waals surface area contributed by atoms with Gasteiger partial charge in [-0.3, -0.25) is 0 Å². The zero-order valence-electron chi connectivity index (χ0n) is 28.1. The molecule has 52 heavy (non-hydrogen) atoms. The molecule has 0 saturated heterocycles. The van der Waals surface area contributed by atoms with Crippen molar-refractivity contribution >= 4 is 43.6 Å². The fraction of sp³-hybridized carbons (Fsp3) is 0. The zero-order valence-corrected chi connectivity index (χ0v) is 28.1. The largest absolute Gasteiger partial charge is 0.307 e. The first-order valence-electron chi connectivity index (χ1n) is 17.4. The normalized spacial score (nSPS) is 11.4. The van der Waals surface area contributed by atoms with E-state index < -0.39 is 0 Å². The van der Waals surface area contributed by atoms with Crippen molar-refractivity contribution in [2.45, 2.75) is 0 Å². The molecule has 0 spiro atoms. The molecule has 3 heterocycles. The van der Waals surface area contributed by atoms with Crippen molar-refractivity contribution in [1.82, 2.24) is 14.1 Å². The summed E-state index contributed by atoms with van der Waals surface area (Å²) in [4.78, 5) is 5.16. The van der Waals surface area contributed by atoms with Gasteiger partial charge in [-0.25, -0.2) is 4.98 Å². The molecular formula is C48H30N4. The minimum Gasteiger partial charge on any atom is -0.307 e. The lowest BCUT2D eigenvalue weighted by atomic mass is 9.99. The number of nitriles is 1. The molecule has 10 aromatic rings. The van der Waals surface area contributed by atoms with Crippen LogP contribution in [0.15, 0.2) is 182 Å². The van der Waals surface area contributed by atoms with Crippen LogP contribution >= 0.6 is 0 Å². The second kappa shape index (κ2) is 12.0. The summed E-state index contributed by atoms with van der Waals surface area (Å²) in [5.74, 6) is 0. The van der Waals surface area contributed by atoms with Gasteiger partial charge < -0.3 is 9.13 Å². The Morgan fingerprint density at radius 3 is 1.38 bits per heavy atom. The molecule has 4 heteroatoms. The van der Waals surface area contributed by atoms with Crippen LogP contribution in [0, 0.1) is 11.3 Å². The van der Waals surface area contributed by atoms with Gasteiger partial charge in [0.15, 0.2) is 0 Å². The second-order valence-electron chi connectivity index (χ2n) is 13.1. The Labute approximate surface area is 300 Å². The van der Waals surface area contributed by atoms with Crippen LogP contribution in [0.3, 0.4) is 0 Å². The van der Waals surface area contributed by atoms with E-state index in [0.29, 0.717) is 5.56 Å². The van der Waals surface area contributed by atoms with Gasteiger partial charge in [-0.1, -0.05) is 121 Å². The minimum absolute atomic E-state index is 0.630. The fourth-order valence-corrected chi connectivity index (χ4v) is 7.73. The lowest BCUT2D eigenvalue weighted by molar-refractivity contribution is 1.15. The summed E-state index contributed by atoms with van der Waals surface area (Å²) in [6.07, 6.45) is 0. The summed E-state index contributed by atoms with van der Waals surface area (Å²) in [5, 5.41) is 14.3. The zero-order chi connectivity index (χ0) is 34.6. The predicted molar refractivity (Wildman–Crippen MR) is 214 cm³/mol. The molecule has 3 aromatic heterocycles. The van der Waals surface area contributed by atoms with Crippen molar-refractivity contribution in [2.24, 2.45) is 0 Å². The third-order valence-electron chi connectivity index (χ3n) is 10.1. The van der Waals surface area contributed by atoms with Crippen molar-refractivity contribution in [2.75, 3.05) is 0 Å². The van der Waals surface area contributed by atoms with Gasteiger partial charge in [0, 0.05) is 44.0 Å². The maximum absolute atomic E-state index is 9.37. The summed E-state index contributed by atoms with van der Waals surface area (Å²) in [5.41, 5.74) is 13.5. The Morgan fingerprint density at radius 2 is 0.846 bits per heavy atom. The fourth-order valence-electron chi connectivity index (χ4n) is 7.73. The van der Waals surface area contributed by atoms with Gasteiger partial charge in [-0.2, -0.15) is 5.26 Å². The van der Waals surface area contributed by atoms with E-state index in [1.807, 2.05) is 30.3 Å². The number of para-hydroxylation sites is 3. The van der Waals surface area contributed by atoms with E-state index in [2.05, 4.69) is 167 Å². The number of fused-ring (bicyclic) bond motifs is 7. The topological polar surface area (TPSA) is 46.5 Å². The van der Waals surface area contributed by atoms with Gasteiger partial charge in [0.1, 0.15) is 0 Å². The third kappa shape index (κ3) is 4.72. The Balaban J connectivity index is 1.19. The molecular weight excluding hydrogens is 633 g/mol. The number of hydrogen-bond acceptors (Lipinski definition) is 2. The highest BCUT2D eigenvalue weighted by molar-refractivity contribution is 6.23. The summed E-state index contributed by atoms with van der Waals surface area (Å²) in [6, 6.07) is 66.0. The highest BCUT2D eigenvalue weighted by Gasteiger charge is 2.21. The maximum Gasteiger partial charge on any atom is 0.0991 e. The van der Waals surface area contributed by atoms with Crippen LogP contribution < -0.4 is 0 Å². The van der Waals surface area contributed by atoms with E-state index in [1.54, 1.807) is 0 Å². The molecule has 7 aromatic carbocycles. The number of nitrogens with zero attached hydrogens (tertiary/aromatic N) is 4. The maximum atomic E-state index is 9.37. The summed E-state index contributed by atoms with van der Waals surface area (Å²) >= 11 is 0. The van der Waals surface area contributed by atoms with Crippen LogP contribution in [0.1, 0.15) is 5.56 Å². The van der Waals surface area contributed by atoms with E-state index in [4.69, 9.17) is 4.98 Å². The van der Waals surface area contributed by atoms with Crippen molar-refractivity contribution in [3.05, 3.63) is 188 Å². The molecule has 10 rings (SSSR count). The molecule has 0 saturated carbocycles. The molecule has 0 radical (unpaired) electrons. The molecule has 4 nitrogen and oxygen atoms in total. The molecule has 242 valence electrons. The number of benzene rings is 7. The summed E-state index contributed by atoms with van der Waals surface area (Å²) < 4.78 is 4.84. The molecule has 0 atom stereocenters. The smallest absolute Gasteiger partial charge is 0.0991 e. The molecule has 0 N–H and O–H groups in total. The van der Waals surface area contributed by atoms with Gasteiger partial charge >= 0.3 is 0 Å². The SMILES string of the molecule is N#Cc1ccc(-c2cc(-c3ccccc3)cc(-c3ccc(-n4c5ccccc5c5ccc6c7ccccc7n(-c7ccccc7)c6c54)cc3)n2)cc1. The van der Waals surface area contributed by atoms with Crippen molar-refractivity contribution in [1.29, 1.82) is 5.26 Å². The van der Waals surface area contributed by atoms with Crippen molar-refractivity contribution in [3.63, 3.8) is 0 Å². The first-order chi connectivity index (χ1) is 25.7. The molecule has 0 unspecified atom stereocenters. The van der Waals surface area contributed by atoms with Crippen LogP contribution in [-0.2, 0) is 0 Å².